The van der Waals surface area contributed by atoms with Gasteiger partial charge >= 0.3 is 6.09 Å². The van der Waals surface area contributed by atoms with Crippen LogP contribution in [-0.4, -0.2) is 44.0 Å². The summed E-state index contributed by atoms with van der Waals surface area (Å²) < 4.78 is 10.1. The molecule has 16 heavy (non-hydrogen) atoms. The van der Waals surface area contributed by atoms with E-state index in [9.17, 15) is 4.79 Å². The molecule has 0 fully saturated rings. The molecule has 0 aliphatic heterocycles. The molecule has 0 heterocycles. The molecular formula is C10H19N3O3. The summed E-state index contributed by atoms with van der Waals surface area (Å²) in [4.78, 5) is 14.9. The van der Waals surface area contributed by atoms with Crippen LogP contribution in [0.4, 0.5) is 4.79 Å². The highest BCUT2D eigenvalue weighted by molar-refractivity contribution is 6.24. The number of aliphatic imine (C=N–C) groups is 1. The van der Waals surface area contributed by atoms with Crippen molar-refractivity contribution >= 4 is 18.2 Å². The van der Waals surface area contributed by atoms with Gasteiger partial charge in [-0.3, -0.25) is 4.99 Å². The Bertz CT molecular complexity index is 269. The van der Waals surface area contributed by atoms with Gasteiger partial charge in [-0.1, -0.05) is 0 Å². The van der Waals surface area contributed by atoms with E-state index >= 15 is 0 Å². The summed E-state index contributed by atoms with van der Waals surface area (Å²) in [6, 6.07) is 0. The Morgan fingerprint density at radius 3 is 2.56 bits per heavy atom. The van der Waals surface area contributed by atoms with E-state index in [0.717, 1.165) is 6.21 Å². The highest BCUT2D eigenvalue weighted by atomic mass is 16.6. The zero-order valence-corrected chi connectivity index (χ0v) is 10.2. The molecule has 0 aromatic rings. The molecule has 0 aliphatic rings. The van der Waals surface area contributed by atoms with Crippen LogP contribution < -0.4 is 5.32 Å². The van der Waals surface area contributed by atoms with Crippen LogP contribution >= 0.6 is 0 Å². The number of amides is 1. The Labute approximate surface area is 95.5 Å². The van der Waals surface area contributed by atoms with E-state index in [1.54, 1.807) is 20.8 Å². The highest BCUT2D eigenvalue weighted by Crippen LogP contribution is 2.05. The van der Waals surface area contributed by atoms with Crippen molar-refractivity contribution in [3.05, 3.63) is 0 Å². The summed E-state index contributed by atoms with van der Waals surface area (Å²) in [5, 5.41) is 9.43. The van der Waals surface area contributed by atoms with Gasteiger partial charge in [0.25, 0.3) is 0 Å². The number of carbonyl (C=O) groups is 1. The molecule has 6 heteroatoms. The van der Waals surface area contributed by atoms with E-state index < -0.39 is 11.7 Å². The maximum absolute atomic E-state index is 11.2. The Kier molecular flexibility index (Phi) is 6.14. The third kappa shape index (κ3) is 7.78. The second kappa shape index (κ2) is 6.81. The van der Waals surface area contributed by atoms with Crippen LogP contribution in [0.1, 0.15) is 20.8 Å². The molecule has 0 aliphatic carbocycles. The molecule has 0 rings (SSSR count). The number of nitrogens with one attached hydrogen (secondary N) is 2. The summed E-state index contributed by atoms with van der Waals surface area (Å²) >= 11 is 0. The summed E-state index contributed by atoms with van der Waals surface area (Å²) in [7, 11) is 1.53. The molecule has 0 saturated heterocycles. The standard InChI is InChI=1S/C10H19N3O3/c1-10(2,3)16-9(14)13-5-6-15-8(7-11)12-4/h7,11H,5-6H2,1-4H3,(H,13,14)/b11-7?,12-8+. The Hall–Kier alpha value is -1.59. The molecule has 0 atom stereocenters. The minimum Gasteiger partial charge on any atom is -0.475 e. The third-order valence-corrected chi connectivity index (χ3v) is 1.36. The van der Waals surface area contributed by atoms with Gasteiger partial charge in [0.1, 0.15) is 12.2 Å². The predicted octanol–water partition coefficient (Wildman–Crippen LogP) is 1.21. The van der Waals surface area contributed by atoms with E-state index in [2.05, 4.69) is 10.3 Å². The number of rotatable bonds is 4. The van der Waals surface area contributed by atoms with Crippen LogP contribution in [0.2, 0.25) is 0 Å². The van der Waals surface area contributed by atoms with Gasteiger partial charge in [-0.05, 0) is 20.8 Å². The van der Waals surface area contributed by atoms with Gasteiger partial charge in [-0.15, -0.1) is 0 Å². The quantitative estimate of drug-likeness (QED) is 0.431. The Morgan fingerprint density at radius 2 is 2.12 bits per heavy atom. The zero-order chi connectivity index (χ0) is 12.6. The number of hydrogen-bond acceptors (Lipinski definition) is 5. The van der Waals surface area contributed by atoms with Crippen molar-refractivity contribution in [2.24, 2.45) is 4.99 Å². The van der Waals surface area contributed by atoms with Crippen molar-refractivity contribution in [1.29, 1.82) is 5.41 Å². The van der Waals surface area contributed by atoms with Crippen LogP contribution in [0.25, 0.3) is 0 Å². The first-order valence-corrected chi connectivity index (χ1v) is 4.96. The van der Waals surface area contributed by atoms with Crippen molar-refractivity contribution in [1.82, 2.24) is 5.32 Å². The lowest BCUT2D eigenvalue weighted by Crippen LogP contribution is -2.34. The topological polar surface area (TPSA) is 83.8 Å². The maximum atomic E-state index is 11.2. The van der Waals surface area contributed by atoms with Crippen molar-refractivity contribution in [2.45, 2.75) is 26.4 Å². The van der Waals surface area contributed by atoms with E-state index in [-0.39, 0.29) is 12.5 Å². The predicted molar refractivity (Wildman–Crippen MR) is 62.3 cm³/mol. The average molecular weight is 229 g/mol. The number of hydrogen-bond donors (Lipinski definition) is 2. The number of nitrogens with zero attached hydrogens (tertiary/aromatic N) is 1. The van der Waals surface area contributed by atoms with E-state index in [4.69, 9.17) is 14.9 Å². The lowest BCUT2D eigenvalue weighted by Gasteiger charge is -2.19. The maximum Gasteiger partial charge on any atom is 0.407 e. The minimum absolute atomic E-state index is 0.228. The largest absolute Gasteiger partial charge is 0.475 e. The highest BCUT2D eigenvalue weighted by Gasteiger charge is 2.15. The zero-order valence-electron chi connectivity index (χ0n) is 10.2. The molecule has 0 aromatic carbocycles. The van der Waals surface area contributed by atoms with Gasteiger partial charge in [0, 0.05) is 7.05 Å². The summed E-state index contributed by atoms with van der Waals surface area (Å²) in [6.07, 6.45) is 0.522. The van der Waals surface area contributed by atoms with Crippen molar-refractivity contribution in [3.8, 4) is 0 Å². The number of alkyl carbamates (subject to hydrolysis) is 1. The molecule has 1 amide bonds. The van der Waals surface area contributed by atoms with Gasteiger partial charge < -0.3 is 20.2 Å². The summed E-state index contributed by atoms with van der Waals surface area (Å²) in [6.45, 7) is 5.93. The van der Waals surface area contributed by atoms with Crippen LogP contribution in [0, 0.1) is 5.41 Å². The second-order valence-electron chi connectivity index (χ2n) is 3.98. The second-order valence-corrected chi connectivity index (χ2v) is 3.98. The molecule has 2 N–H and O–H groups in total. The lowest BCUT2D eigenvalue weighted by molar-refractivity contribution is 0.0519. The molecule has 92 valence electrons. The van der Waals surface area contributed by atoms with E-state index in [1.807, 2.05) is 0 Å². The lowest BCUT2D eigenvalue weighted by atomic mass is 10.2. The normalized spacial score (nSPS) is 11.9. The smallest absolute Gasteiger partial charge is 0.407 e. The fraction of sp³-hybridized carbons (Fsp3) is 0.700. The molecule has 0 spiro atoms. The van der Waals surface area contributed by atoms with Crippen LogP contribution in [0.3, 0.4) is 0 Å². The van der Waals surface area contributed by atoms with Crippen LogP contribution in [0.15, 0.2) is 4.99 Å². The number of ether oxygens (including phenoxy) is 2. The third-order valence-electron chi connectivity index (χ3n) is 1.36. The van der Waals surface area contributed by atoms with Crippen molar-refractivity contribution < 1.29 is 14.3 Å². The first kappa shape index (κ1) is 14.4. The van der Waals surface area contributed by atoms with Gasteiger partial charge in [-0.2, -0.15) is 0 Å². The number of carbonyl (C=O) groups excluding carboxylic acids is 1. The summed E-state index contributed by atoms with van der Waals surface area (Å²) in [5.41, 5.74) is -0.504. The molecule has 6 nitrogen and oxygen atoms in total. The minimum atomic E-state index is -0.504. The molecular weight excluding hydrogens is 210 g/mol. The molecule has 0 unspecified atom stereocenters. The Balaban J connectivity index is 3.67. The van der Waals surface area contributed by atoms with Crippen LogP contribution in [-0.2, 0) is 9.47 Å². The molecule has 0 aromatic heterocycles. The fourth-order valence-electron chi connectivity index (χ4n) is 0.794. The van der Waals surface area contributed by atoms with Crippen LogP contribution in [0.5, 0.6) is 0 Å². The van der Waals surface area contributed by atoms with Crippen molar-refractivity contribution in [3.63, 3.8) is 0 Å². The van der Waals surface area contributed by atoms with Gasteiger partial charge in [0.15, 0.2) is 0 Å². The summed E-state index contributed by atoms with van der Waals surface area (Å²) in [5.74, 6) is 0.228. The molecule has 0 saturated carbocycles. The molecule has 0 radical (unpaired) electrons. The first-order valence-electron chi connectivity index (χ1n) is 4.96. The van der Waals surface area contributed by atoms with E-state index in [1.165, 1.54) is 7.05 Å². The molecule has 0 bridgehead atoms. The monoisotopic (exact) mass is 229 g/mol. The first-order chi connectivity index (χ1) is 7.39. The Morgan fingerprint density at radius 1 is 1.50 bits per heavy atom. The van der Waals surface area contributed by atoms with Crippen molar-refractivity contribution in [2.75, 3.05) is 20.2 Å². The van der Waals surface area contributed by atoms with Gasteiger partial charge in [0.05, 0.1) is 12.8 Å². The van der Waals surface area contributed by atoms with Gasteiger partial charge in [0.2, 0.25) is 5.90 Å². The average Bonchev–Trinajstić information content (AvgIpc) is 2.15. The SMILES string of the molecule is C/N=C(\C=N)OCCNC(=O)OC(C)(C)C. The van der Waals surface area contributed by atoms with Gasteiger partial charge in [-0.25, -0.2) is 4.79 Å². The fourth-order valence-corrected chi connectivity index (χ4v) is 0.794. The van der Waals surface area contributed by atoms with E-state index in [0.29, 0.717) is 6.54 Å².